The Labute approximate surface area is 113 Å². The number of rotatable bonds is 4. The van der Waals surface area contributed by atoms with Gasteiger partial charge in [-0.05, 0) is 18.2 Å². The molecule has 0 bridgehead atoms. The van der Waals surface area contributed by atoms with Crippen molar-refractivity contribution in [2.75, 3.05) is 6.61 Å². The van der Waals surface area contributed by atoms with Gasteiger partial charge < -0.3 is 4.74 Å². The van der Waals surface area contributed by atoms with E-state index in [0.717, 1.165) is 0 Å². The fourth-order valence-corrected chi connectivity index (χ4v) is 2.77. The third kappa shape index (κ3) is 3.22. The number of hydrogen-bond acceptors (Lipinski definition) is 3. The van der Waals surface area contributed by atoms with Crippen molar-refractivity contribution in [2.24, 2.45) is 0 Å². The van der Waals surface area contributed by atoms with Gasteiger partial charge in [0.05, 0.1) is 9.90 Å². The topological polar surface area (TPSA) is 26.3 Å². The average molecular weight is 287 g/mol. The van der Waals surface area contributed by atoms with Crippen molar-refractivity contribution in [1.82, 2.24) is 0 Å². The van der Waals surface area contributed by atoms with E-state index in [1.54, 1.807) is 18.2 Å². The summed E-state index contributed by atoms with van der Waals surface area (Å²) in [7, 11) is 0. The Morgan fingerprint density at radius 3 is 2.53 bits per heavy atom. The van der Waals surface area contributed by atoms with Gasteiger partial charge in [0.1, 0.15) is 10.1 Å². The molecule has 1 heterocycles. The minimum Gasteiger partial charge on any atom is -0.485 e. The third-order valence-electron chi connectivity index (χ3n) is 2.07. The number of carbonyl (C=O) groups excluding carboxylic acids is 1. The monoisotopic (exact) mass is 286 g/mol. The Hall–Kier alpha value is -1.03. The van der Waals surface area contributed by atoms with Crippen molar-refractivity contribution < 1.29 is 9.53 Å². The molecule has 88 valence electrons. The van der Waals surface area contributed by atoms with Gasteiger partial charge >= 0.3 is 0 Å². The fourth-order valence-electron chi connectivity index (χ4n) is 1.27. The van der Waals surface area contributed by atoms with E-state index in [4.69, 9.17) is 27.9 Å². The lowest BCUT2D eigenvalue weighted by Crippen LogP contribution is -2.10. The standard InChI is InChI=1S/C12H8Cl2O2S/c13-11-6-9(12(14)17-11)10(15)7-16-8-4-2-1-3-5-8/h1-6H,7H2. The first-order valence-electron chi connectivity index (χ1n) is 4.82. The second-order valence-corrected chi connectivity index (χ2v) is 5.55. The normalized spacial score (nSPS) is 10.2. The predicted octanol–water partition coefficient (Wildman–Crippen LogP) is 4.32. The van der Waals surface area contributed by atoms with Crippen molar-refractivity contribution in [2.45, 2.75) is 0 Å². The van der Waals surface area contributed by atoms with E-state index < -0.39 is 0 Å². The highest BCUT2D eigenvalue weighted by atomic mass is 35.5. The van der Waals surface area contributed by atoms with Crippen molar-refractivity contribution in [1.29, 1.82) is 0 Å². The molecule has 0 spiro atoms. The van der Waals surface area contributed by atoms with Crippen molar-refractivity contribution >= 4 is 40.3 Å². The molecule has 2 aromatic rings. The second-order valence-electron chi connectivity index (χ2n) is 3.26. The highest BCUT2D eigenvalue weighted by Gasteiger charge is 2.14. The first-order valence-corrected chi connectivity index (χ1v) is 6.40. The average Bonchev–Trinajstić information content (AvgIpc) is 2.67. The molecule has 1 aromatic carbocycles. The quantitative estimate of drug-likeness (QED) is 0.783. The number of ketones is 1. The largest absolute Gasteiger partial charge is 0.485 e. The molecule has 1 aromatic heterocycles. The van der Waals surface area contributed by atoms with E-state index in [2.05, 4.69) is 0 Å². The second kappa shape index (κ2) is 5.54. The number of thiophene rings is 1. The molecular formula is C12H8Cl2O2S. The first kappa shape index (κ1) is 12.4. The van der Waals surface area contributed by atoms with Crippen LogP contribution < -0.4 is 4.74 Å². The van der Waals surface area contributed by atoms with Crippen molar-refractivity contribution in [3.8, 4) is 5.75 Å². The molecule has 0 saturated carbocycles. The minimum absolute atomic E-state index is 0.0448. The van der Waals surface area contributed by atoms with Crippen LogP contribution in [0.5, 0.6) is 5.75 Å². The zero-order valence-electron chi connectivity index (χ0n) is 8.65. The fraction of sp³-hybridized carbons (Fsp3) is 0.0833. The van der Waals surface area contributed by atoms with Gasteiger partial charge in [-0.1, -0.05) is 41.4 Å². The van der Waals surface area contributed by atoms with Crippen LogP contribution in [0.2, 0.25) is 8.67 Å². The number of carbonyl (C=O) groups is 1. The third-order valence-corrected chi connectivity index (χ3v) is 3.56. The van der Waals surface area contributed by atoms with E-state index in [1.165, 1.54) is 11.3 Å². The number of halogens is 2. The van der Waals surface area contributed by atoms with Gasteiger partial charge in [0.25, 0.3) is 0 Å². The van der Waals surface area contributed by atoms with Crippen LogP contribution in [0.4, 0.5) is 0 Å². The van der Waals surface area contributed by atoms with E-state index in [1.807, 2.05) is 18.2 Å². The summed E-state index contributed by atoms with van der Waals surface area (Å²) >= 11 is 12.8. The summed E-state index contributed by atoms with van der Waals surface area (Å²) in [5.41, 5.74) is 0.414. The zero-order valence-corrected chi connectivity index (χ0v) is 11.0. The van der Waals surface area contributed by atoms with Crippen molar-refractivity contribution in [3.63, 3.8) is 0 Å². The Bertz CT molecular complexity index is 523. The summed E-state index contributed by atoms with van der Waals surface area (Å²) in [6.07, 6.45) is 0. The number of hydrogen-bond donors (Lipinski definition) is 0. The number of benzene rings is 1. The van der Waals surface area contributed by atoms with Crippen LogP contribution in [0.3, 0.4) is 0 Å². The summed E-state index contributed by atoms with van der Waals surface area (Å²) in [5, 5.41) is 0. The number of Topliss-reactive ketones (excluding diaryl/α,β-unsaturated/α-hetero) is 1. The van der Waals surface area contributed by atoms with Gasteiger partial charge in [0.2, 0.25) is 5.78 Å². The lowest BCUT2D eigenvalue weighted by molar-refractivity contribution is 0.0922. The maximum absolute atomic E-state index is 11.8. The van der Waals surface area contributed by atoms with Crippen LogP contribution >= 0.6 is 34.5 Å². The summed E-state index contributed by atoms with van der Waals surface area (Å²) in [5.74, 6) is 0.473. The van der Waals surface area contributed by atoms with Crippen molar-refractivity contribution in [3.05, 3.63) is 50.6 Å². The Kier molecular flexibility index (Phi) is 4.05. The van der Waals surface area contributed by atoms with Crippen LogP contribution in [0, 0.1) is 0 Å². The lowest BCUT2D eigenvalue weighted by Gasteiger charge is -2.04. The molecule has 0 atom stereocenters. The molecule has 17 heavy (non-hydrogen) atoms. The Morgan fingerprint density at radius 1 is 1.24 bits per heavy atom. The van der Waals surface area contributed by atoms with Gasteiger partial charge in [-0.25, -0.2) is 0 Å². The van der Waals surface area contributed by atoms with Gasteiger partial charge in [0, 0.05) is 0 Å². The highest BCUT2D eigenvalue weighted by molar-refractivity contribution is 7.20. The molecule has 0 amide bonds. The maximum Gasteiger partial charge on any atom is 0.202 e. The van der Waals surface area contributed by atoms with Crippen LogP contribution in [0.25, 0.3) is 0 Å². The van der Waals surface area contributed by atoms with Crippen LogP contribution in [0.15, 0.2) is 36.4 Å². The summed E-state index contributed by atoms with van der Waals surface area (Å²) < 4.78 is 6.24. The zero-order chi connectivity index (χ0) is 12.3. The first-order chi connectivity index (χ1) is 8.16. The van der Waals surface area contributed by atoms with E-state index >= 15 is 0 Å². The molecule has 0 N–H and O–H groups in total. The van der Waals surface area contributed by atoms with Gasteiger partial charge in [-0.3, -0.25) is 4.79 Å². The Balaban J connectivity index is 2.01. The molecule has 0 fully saturated rings. The molecular weight excluding hydrogens is 279 g/mol. The minimum atomic E-state index is -0.179. The molecule has 0 radical (unpaired) electrons. The molecule has 2 nitrogen and oxygen atoms in total. The van der Waals surface area contributed by atoms with E-state index in [0.29, 0.717) is 20.0 Å². The molecule has 0 aliphatic carbocycles. The van der Waals surface area contributed by atoms with E-state index in [9.17, 15) is 4.79 Å². The molecule has 2 rings (SSSR count). The Morgan fingerprint density at radius 2 is 1.94 bits per heavy atom. The number of para-hydroxylation sites is 1. The van der Waals surface area contributed by atoms with Crippen LogP contribution in [-0.2, 0) is 0 Å². The highest BCUT2D eigenvalue weighted by Crippen LogP contribution is 2.31. The molecule has 5 heteroatoms. The summed E-state index contributed by atoms with van der Waals surface area (Å²) in [6.45, 7) is -0.0448. The van der Waals surface area contributed by atoms with Crippen LogP contribution in [0.1, 0.15) is 10.4 Å². The summed E-state index contributed by atoms with van der Waals surface area (Å²) in [6, 6.07) is 10.7. The maximum atomic E-state index is 11.8. The number of ether oxygens (including phenoxy) is 1. The molecule has 0 unspecified atom stereocenters. The molecule has 0 aliphatic heterocycles. The van der Waals surface area contributed by atoms with Crippen LogP contribution in [-0.4, -0.2) is 12.4 Å². The van der Waals surface area contributed by atoms with E-state index in [-0.39, 0.29) is 12.4 Å². The molecule has 0 saturated heterocycles. The van der Waals surface area contributed by atoms with Gasteiger partial charge in [0.15, 0.2) is 6.61 Å². The lowest BCUT2D eigenvalue weighted by atomic mass is 10.2. The smallest absolute Gasteiger partial charge is 0.202 e. The van der Waals surface area contributed by atoms with Gasteiger partial charge in [-0.15, -0.1) is 11.3 Å². The molecule has 0 aliphatic rings. The van der Waals surface area contributed by atoms with Gasteiger partial charge in [-0.2, -0.15) is 0 Å². The summed E-state index contributed by atoms with van der Waals surface area (Å²) in [4.78, 5) is 11.8. The predicted molar refractivity (Wildman–Crippen MR) is 70.6 cm³/mol. The SMILES string of the molecule is O=C(COc1ccccc1)c1cc(Cl)sc1Cl.